The van der Waals surface area contributed by atoms with E-state index < -0.39 is 0 Å². The van der Waals surface area contributed by atoms with Crippen molar-refractivity contribution in [2.75, 3.05) is 4.90 Å². The molecule has 21 heavy (non-hydrogen) atoms. The van der Waals surface area contributed by atoms with Crippen LogP contribution in [0, 0.1) is 39.1 Å². The first-order chi connectivity index (χ1) is 10.2. The van der Waals surface area contributed by atoms with E-state index in [4.69, 9.17) is 0 Å². The van der Waals surface area contributed by atoms with Gasteiger partial charge >= 0.3 is 0 Å². The molecule has 1 heterocycles. The molecular formula is C17H14INO2. The largest absolute Gasteiger partial charge is 0.274 e. The number of carbonyl (C=O) groups excluding carboxylic acids is 2. The molecule has 3 fully saturated rings. The minimum absolute atomic E-state index is 0.0240. The van der Waals surface area contributed by atoms with Crippen molar-refractivity contribution in [2.24, 2.45) is 35.5 Å². The predicted molar refractivity (Wildman–Crippen MR) is 86.3 cm³/mol. The third-order valence-corrected chi connectivity index (χ3v) is 6.47. The maximum atomic E-state index is 12.9. The fourth-order valence-corrected chi connectivity index (χ4v) is 5.16. The number of benzene rings is 1. The highest BCUT2D eigenvalue weighted by molar-refractivity contribution is 14.1. The van der Waals surface area contributed by atoms with Crippen LogP contribution < -0.4 is 4.90 Å². The zero-order valence-electron chi connectivity index (χ0n) is 11.3. The van der Waals surface area contributed by atoms with Gasteiger partial charge in [0.05, 0.1) is 17.5 Å². The maximum absolute atomic E-state index is 12.9. The molecule has 4 aliphatic carbocycles. The Morgan fingerprint density at radius 1 is 0.905 bits per heavy atom. The van der Waals surface area contributed by atoms with Crippen LogP contribution in [0.4, 0.5) is 5.69 Å². The molecule has 1 aliphatic heterocycles. The number of rotatable bonds is 1. The van der Waals surface area contributed by atoms with Crippen molar-refractivity contribution < 1.29 is 9.59 Å². The van der Waals surface area contributed by atoms with Gasteiger partial charge in [-0.25, -0.2) is 0 Å². The second-order valence-electron chi connectivity index (χ2n) is 6.64. The molecule has 1 saturated heterocycles. The first kappa shape index (κ1) is 12.4. The van der Waals surface area contributed by atoms with Gasteiger partial charge < -0.3 is 0 Å². The fourth-order valence-electron chi connectivity index (χ4n) is 4.80. The van der Waals surface area contributed by atoms with Crippen LogP contribution >= 0.6 is 22.6 Å². The lowest BCUT2D eigenvalue weighted by molar-refractivity contribution is -0.124. The summed E-state index contributed by atoms with van der Waals surface area (Å²) in [5, 5.41) is 0. The number of imide groups is 1. The molecule has 0 N–H and O–H groups in total. The average molecular weight is 391 g/mol. The van der Waals surface area contributed by atoms with E-state index in [1.807, 2.05) is 24.3 Å². The maximum Gasteiger partial charge on any atom is 0.238 e. The highest BCUT2D eigenvalue weighted by Crippen LogP contribution is 2.65. The van der Waals surface area contributed by atoms with Crippen molar-refractivity contribution >= 4 is 40.1 Å². The van der Waals surface area contributed by atoms with Gasteiger partial charge in [-0.3, -0.25) is 14.5 Å². The van der Waals surface area contributed by atoms with Crippen LogP contribution in [0.1, 0.15) is 6.42 Å². The summed E-state index contributed by atoms with van der Waals surface area (Å²) in [6.07, 6.45) is 5.63. The first-order valence-electron chi connectivity index (χ1n) is 7.48. The number of allylic oxidation sites excluding steroid dienone is 2. The van der Waals surface area contributed by atoms with E-state index in [2.05, 4.69) is 34.7 Å². The van der Waals surface area contributed by atoms with Gasteiger partial charge in [0.1, 0.15) is 0 Å². The SMILES string of the molecule is O=C1[C@@H]2[C@H]3C=C[C@@H]([C@@H]4C[C@H]34)[C@H]2C(=O)N1c1ccc(I)cc1. The standard InChI is InChI=1S/C17H14INO2/c18-8-1-3-9(4-2-8)19-16(20)14-10-5-6-11(13-7-12(10)13)15(14)17(19)21/h1-6,10-15H,7H2/t10-,11-,12-,13+,14+,15+/m0/s1. The Balaban J connectivity index is 1.58. The molecule has 1 aromatic rings. The second kappa shape index (κ2) is 3.97. The summed E-state index contributed by atoms with van der Waals surface area (Å²) in [5.74, 6) is 1.77. The lowest BCUT2D eigenvalue weighted by Crippen LogP contribution is -2.40. The fraction of sp³-hybridized carbons (Fsp3) is 0.412. The molecule has 5 aliphatic rings. The number of carbonyl (C=O) groups is 2. The molecule has 0 radical (unpaired) electrons. The molecule has 2 bridgehead atoms. The predicted octanol–water partition coefficient (Wildman–Crippen LogP) is 2.85. The molecule has 6 rings (SSSR count). The van der Waals surface area contributed by atoms with Crippen LogP contribution in [-0.4, -0.2) is 11.8 Å². The first-order valence-corrected chi connectivity index (χ1v) is 8.56. The van der Waals surface area contributed by atoms with Crippen LogP contribution in [0.5, 0.6) is 0 Å². The van der Waals surface area contributed by atoms with E-state index in [-0.39, 0.29) is 23.7 Å². The number of anilines is 1. The van der Waals surface area contributed by atoms with Crippen molar-refractivity contribution in [3.63, 3.8) is 0 Å². The molecule has 2 amide bonds. The minimum atomic E-state index is -0.101. The van der Waals surface area contributed by atoms with Crippen LogP contribution in [-0.2, 0) is 9.59 Å². The summed E-state index contributed by atoms with van der Waals surface area (Å²) in [5.41, 5.74) is 0.730. The molecule has 4 heteroatoms. The zero-order valence-corrected chi connectivity index (χ0v) is 13.4. The molecule has 3 nitrogen and oxygen atoms in total. The Hall–Kier alpha value is -1.17. The van der Waals surface area contributed by atoms with Crippen molar-refractivity contribution in [1.82, 2.24) is 0 Å². The van der Waals surface area contributed by atoms with Gasteiger partial charge in [0.25, 0.3) is 0 Å². The average Bonchev–Trinajstić information content (AvgIpc) is 3.26. The minimum Gasteiger partial charge on any atom is -0.274 e. The van der Waals surface area contributed by atoms with Crippen LogP contribution in [0.15, 0.2) is 36.4 Å². The van der Waals surface area contributed by atoms with E-state index in [0.29, 0.717) is 23.7 Å². The van der Waals surface area contributed by atoms with Gasteiger partial charge in [0.2, 0.25) is 11.8 Å². The Morgan fingerprint density at radius 3 is 1.95 bits per heavy atom. The van der Waals surface area contributed by atoms with Crippen LogP contribution in [0.3, 0.4) is 0 Å². The Labute approximate surface area is 136 Å². The van der Waals surface area contributed by atoms with E-state index in [1.165, 1.54) is 11.3 Å². The second-order valence-corrected chi connectivity index (χ2v) is 7.89. The molecule has 0 unspecified atom stereocenters. The van der Waals surface area contributed by atoms with Gasteiger partial charge in [-0.1, -0.05) is 12.2 Å². The molecule has 1 aromatic carbocycles. The Kier molecular flexibility index (Phi) is 2.34. The quantitative estimate of drug-likeness (QED) is 0.420. The van der Waals surface area contributed by atoms with E-state index in [9.17, 15) is 9.59 Å². The van der Waals surface area contributed by atoms with Crippen molar-refractivity contribution in [2.45, 2.75) is 6.42 Å². The molecule has 2 saturated carbocycles. The van der Waals surface area contributed by atoms with Gasteiger partial charge in [0, 0.05) is 3.57 Å². The third kappa shape index (κ3) is 1.49. The lowest BCUT2D eigenvalue weighted by atomic mass is 9.63. The summed E-state index contributed by atoms with van der Waals surface area (Å²) in [6, 6.07) is 7.65. The highest BCUT2D eigenvalue weighted by Gasteiger charge is 2.67. The molecule has 6 atom stereocenters. The molecule has 0 spiro atoms. The molecular weight excluding hydrogens is 377 g/mol. The number of halogens is 1. The topological polar surface area (TPSA) is 37.4 Å². The van der Waals surface area contributed by atoms with E-state index in [1.54, 1.807) is 0 Å². The smallest absolute Gasteiger partial charge is 0.238 e. The Morgan fingerprint density at radius 2 is 1.43 bits per heavy atom. The summed E-state index contributed by atoms with van der Waals surface area (Å²) in [7, 11) is 0. The number of nitrogens with zero attached hydrogens (tertiary/aromatic N) is 1. The summed E-state index contributed by atoms with van der Waals surface area (Å²) >= 11 is 2.23. The molecule has 0 aromatic heterocycles. The van der Waals surface area contributed by atoms with Crippen molar-refractivity contribution in [3.8, 4) is 0 Å². The van der Waals surface area contributed by atoms with Crippen molar-refractivity contribution in [1.29, 1.82) is 0 Å². The van der Waals surface area contributed by atoms with Gasteiger partial charge in [0.15, 0.2) is 0 Å². The van der Waals surface area contributed by atoms with E-state index >= 15 is 0 Å². The molecule has 106 valence electrons. The summed E-state index contributed by atoms with van der Waals surface area (Å²) < 4.78 is 1.11. The van der Waals surface area contributed by atoms with Crippen LogP contribution in [0.2, 0.25) is 0 Å². The highest BCUT2D eigenvalue weighted by atomic mass is 127. The van der Waals surface area contributed by atoms with Gasteiger partial charge in [-0.2, -0.15) is 0 Å². The number of hydrogen-bond acceptors (Lipinski definition) is 2. The van der Waals surface area contributed by atoms with Gasteiger partial charge in [-0.15, -0.1) is 0 Å². The van der Waals surface area contributed by atoms with Crippen LogP contribution in [0.25, 0.3) is 0 Å². The Bertz CT molecular complexity index is 659. The van der Waals surface area contributed by atoms with Gasteiger partial charge in [-0.05, 0) is 76.9 Å². The normalized spacial score (nSPS) is 42.2. The summed E-state index contributed by atoms with van der Waals surface area (Å²) in [4.78, 5) is 27.2. The number of amides is 2. The zero-order chi connectivity index (χ0) is 14.3. The van der Waals surface area contributed by atoms with Crippen molar-refractivity contribution in [3.05, 3.63) is 40.0 Å². The third-order valence-electron chi connectivity index (χ3n) is 5.75. The number of hydrogen-bond donors (Lipinski definition) is 0. The summed E-state index contributed by atoms with van der Waals surface area (Å²) in [6.45, 7) is 0. The lowest BCUT2D eigenvalue weighted by Gasteiger charge is -2.37. The van der Waals surface area contributed by atoms with E-state index in [0.717, 1.165) is 9.26 Å². The monoisotopic (exact) mass is 391 g/mol.